The fourth-order valence-corrected chi connectivity index (χ4v) is 3.29. The lowest BCUT2D eigenvalue weighted by Crippen LogP contribution is -2.36. The van der Waals surface area contributed by atoms with E-state index >= 15 is 0 Å². The second kappa shape index (κ2) is 5.97. The van der Waals surface area contributed by atoms with Gasteiger partial charge in [-0.2, -0.15) is 0 Å². The second-order valence-electron chi connectivity index (χ2n) is 4.28. The molecule has 1 saturated heterocycles. The number of halogens is 2. The largest absolute Gasteiger partial charge is 0.315 e. The molecule has 1 aromatic carbocycles. The van der Waals surface area contributed by atoms with Crippen LogP contribution in [0.25, 0.3) is 0 Å². The van der Waals surface area contributed by atoms with Crippen LogP contribution < -0.4 is 10.0 Å². The maximum atomic E-state index is 13.2. The first-order valence-electron chi connectivity index (χ1n) is 5.47. The van der Waals surface area contributed by atoms with Crippen LogP contribution >= 0.6 is 12.4 Å². The van der Waals surface area contributed by atoms with Gasteiger partial charge in [-0.05, 0) is 43.7 Å². The predicted octanol–water partition coefficient (Wildman–Crippen LogP) is 1.20. The van der Waals surface area contributed by atoms with Crippen molar-refractivity contribution in [3.8, 4) is 0 Å². The molecule has 1 aliphatic heterocycles. The van der Waals surface area contributed by atoms with Crippen LogP contribution in [-0.2, 0) is 10.0 Å². The predicted molar refractivity (Wildman–Crippen MR) is 70.0 cm³/mol. The highest BCUT2D eigenvalue weighted by atomic mass is 35.5. The number of aryl methyl sites for hydroxylation is 1. The van der Waals surface area contributed by atoms with Crippen LogP contribution in [0.2, 0.25) is 0 Å². The van der Waals surface area contributed by atoms with Crippen LogP contribution in [0.3, 0.4) is 0 Å². The van der Waals surface area contributed by atoms with Crippen LogP contribution in [-0.4, -0.2) is 27.5 Å². The Morgan fingerprint density at radius 2 is 2.11 bits per heavy atom. The summed E-state index contributed by atoms with van der Waals surface area (Å²) < 4.78 is 39.7. The molecule has 7 heteroatoms. The Morgan fingerprint density at radius 1 is 1.39 bits per heavy atom. The van der Waals surface area contributed by atoms with Gasteiger partial charge in [0.2, 0.25) is 10.0 Å². The van der Waals surface area contributed by atoms with Crippen molar-refractivity contribution in [3.05, 3.63) is 29.6 Å². The molecule has 0 aliphatic carbocycles. The lowest BCUT2D eigenvalue weighted by atomic mass is 10.2. The Balaban J connectivity index is 0.00000162. The topological polar surface area (TPSA) is 58.2 Å². The SMILES string of the molecule is Cc1cc(F)cc(S(=O)(=O)NC2CCNC2)c1.Cl. The number of sulfonamides is 1. The molecule has 2 N–H and O–H groups in total. The smallest absolute Gasteiger partial charge is 0.240 e. The highest BCUT2D eigenvalue weighted by molar-refractivity contribution is 7.89. The molecule has 0 radical (unpaired) electrons. The van der Waals surface area contributed by atoms with E-state index in [1.165, 1.54) is 12.1 Å². The number of nitrogens with one attached hydrogen (secondary N) is 2. The molecule has 1 aliphatic rings. The summed E-state index contributed by atoms with van der Waals surface area (Å²) in [4.78, 5) is -0.0121. The van der Waals surface area contributed by atoms with Crippen LogP contribution in [0.15, 0.2) is 23.1 Å². The molecular formula is C11H16ClFN2O2S. The summed E-state index contributed by atoms with van der Waals surface area (Å²) in [6.45, 7) is 3.09. The van der Waals surface area contributed by atoms with E-state index in [0.717, 1.165) is 19.0 Å². The molecule has 0 bridgehead atoms. The molecule has 2 rings (SSSR count). The summed E-state index contributed by atoms with van der Waals surface area (Å²) in [6, 6.07) is 3.70. The minimum absolute atomic E-state index is 0. The van der Waals surface area contributed by atoms with Gasteiger partial charge in [0, 0.05) is 12.6 Å². The summed E-state index contributed by atoms with van der Waals surface area (Å²) >= 11 is 0. The van der Waals surface area contributed by atoms with Crippen molar-refractivity contribution in [2.24, 2.45) is 0 Å². The van der Waals surface area contributed by atoms with Crippen LogP contribution in [0.1, 0.15) is 12.0 Å². The molecule has 0 spiro atoms. The first-order valence-corrected chi connectivity index (χ1v) is 6.96. The summed E-state index contributed by atoms with van der Waals surface area (Å²) in [5.74, 6) is -0.532. The second-order valence-corrected chi connectivity index (χ2v) is 5.99. The first-order chi connectivity index (χ1) is 7.97. The average Bonchev–Trinajstić information content (AvgIpc) is 2.68. The van der Waals surface area contributed by atoms with Crippen molar-refractivity contribution in [1.82, 2.24) is 10.0 Å². The third kappa shape index (κ3) is 3.65. The van der Waals surface area contributed by atoms with E-state index in [9.17, 15) is 12.8 Å². The zero-order valence-electron chi connectivity index (χ0n) is 9.94. The first kappa shape index (κ1) is 15.4. The average molecular weight is 295 g/mol. The normalized spacial score (nSPS) is 19.6. The van der Waals surface area contributed by atoms with Gasteiger partial charge in [-0.15, -0.1) is 12.4 Å². The van der Waals surface area contributed by atoms with E-state index in [-0.39, 0.29) is 23.3 Å². The highest BCUT2D eigenvalue weighted by Crippen LogP contribution is 2.15. The van der Waals surface area contributed by atoms with Gasteiger partial charge < -0.3 is 5.32 Å². The lowest BCUT2D eigenvalue weighted by molar-refractivity contribution is 0.557. The number of rotatable bonds is 3. The molecule has 1 aromatic rings. The van der Waals surface area contributed by atoms with Gasteiger partial charge in [0.05, 0.1) is 4.90 Å². The molecule has 102 valence electrons. The minimum Gasteiger partial charge on any atom is -0.315 e. The van der Waals surface area contributed by atoms with Gasteiger partial charge in [-0.25, -0.2) is 17.5 Å². The maximum absolute atomic E-state index is 13.2. The monoisotopic (exact) mass is 294 g/mol. The summed E-state index contributed by atoms with van der Waals surface area (Å²) in [5, 5.41) is 3.07. The van der Waals surface area contributed by atoms with Crippen LogP contribution in [0.4, 0.5) is 4.39 Å². The van der Waals surface area contributed by atoms with Crippen molar-refractivity contribution in [1.29, 1.82) is 0 Å². The van der Waals surface area contributed by atoms with E-state index < -0.39 is 15.8 Å². The van der Waals surface area contributed by atoms with E-state index in [4.69, 9.17) is 0 Å². The fraction of sp³-hybridized carbons (Fsp3) is 0.455. The minimum atomic E-state index is -3.62. The summed E-state index contributed by atoms with van der Waals surface area (Å²) in [6.07, 6.45) is 0.757. The third-order valence-electron chi connectivity index (χ3n) is 2.71. The Hall–Kier alpha value is -0.690. The van der Waals surface area contributed by atoms with E-state index in [0.29, 0.717) is 12.1 Å². The van der Waals surface area contributed by atoms with E-state index in [1.54, 1.807) is 6.92 Å². The summed E-state index contributed by atoms with van der Waals surface area (Å²) in [7, 11) is -3.62. The quantitative estimate of drug-likeness (QED) is 0.881. The standard InChI is InChI=1S/C11H15FN2O2S.ClH/c1-8-4-9(12)6-11(5-8)17(15,16)14-10-2-3-13-7-10;/h4-6,10,13-14H,2-3,7H2,1H3;1H. The lowest BCUT2D eigenvalue weighted by Gasteiger charge is -2.12. The molecular weight excluding hydrogens is 279 g/mol. The van der Waals surface area contributed by atoms with Gasteiger partial charge in [-0.1, -0.05) is 0 Å². The van der Waals surface area contributed by atoms with E-state index in [2.05, 4.69) is 10.0 Å². The molecule has 1 fully saturated rings. The number of hydrogen-bond acceptors (Lipinski definition) is 3. The molecule has 1 atom stereocenters. The van der Waals surface area contributed by atoms with Crippen molar-refractivity contribution in [2.45, 2.75) is 24.3 Å². The molecule has 0 saturated carbocycles. The molecule has 4 nitrogen and oxygen atoms in total. The zero-order chi connectivity index (χ0) is 12.5. The van der Waals surface area contributed by atoms with Crippen molar-refractivity contribution in [3.63, 3.8) is 0 Å². The molecule has 1 unspecified atom stereocenters. The molecule has 18 heavy (non-hydrogen) atoms. The van der Waals surface area contributed by atoms with Gasteiger partial charge in [-0.3, -0.25) is 0 Å². The van der Waals surface area contributed by atoms with Gasteiger partial charge in [0.25, 0.3) is 0 Å². The molecule has 1 heterocycles. The highest BCUT2D eigenvalue weighted by Gasteiger charge is 2.23. The molecule has 0 amide bonds. The maximum Gasteiger partial charge on any atom is 0.240 e. The van der Waals surface area contributed by atoms with Crippen molar-refractivity contribution >= 4 is 22.4 Å². The van der Waals surface area contributed by atoms with Gasteiger partial charge >= 0.3 is 0 Å². The Kier molecular flexibility index (Phi) is 5.10. The van der Waals surface area contributed by atoms with Crippen molar-refractivity contribution < 1.29 is 12.8 Å². The Labute approximate surface area is 112 Å². The van der Waals surface area contributed by atoms with Gasteiger partial charge in [0.1, 0.15) is 5.82 Å². The van der Waals surface area contributed by atoms with Crippen molar-refractivity contribution in [2.75, 3.05) is 13.1 Å². The third-order valence-corrected chi connectivity index (χ3v) is 4.21. The Morgan fingerprint density at radius 3 is 2.67 bits per heavy atom. The molecule has 0 aromatic heterocycles. The Bertz CT molecular complexity index is 496. The summed E-state index contributed by atoms with van der Waals surface area (Å²) in [5.41, 5.74) is 0.593. The van der Waals surface area contributed by atoms with E-state index in [1.807, 2.05) is 0 Å². The van der Waals surface area contributed by atoms with Crippen LogP contribution in [0, 0.1) is 12.7 Å². The fourth-order valence-electron chi connectivity index (χ4n) is 1.90. The number of benzene rings is 1. The number of hydrogen-bond donors (Lipinski definition) is 2. The van der Waals surface area contributed by atoms with Gasteiger partial charge in [0.15, 0.2) is 0 Å². The zero-order valence-corrected chi connectivity index (χ0v) is 11.6. The van der Waals surface area contributed by atoms with Crippen LogP contribution in [0.5, 0.6) is 0 Å².